The number of hydrogen-bond acceptors (Lipinski definition) is 0. The molecule has 3 unspecified atom stereocenters. The molecule has 0 spiro atoms. The van der Waals surface area contributed by atoms with Crippen molar-refractivity contribution in [3.63, 3.8) is 0 Å². The SMILES string of the molecule is CC(C)(C)P.CC(C)(C)P.CC(C)(C)P.[Pd]. The van der Waals surface area contributed by atoms with Crippen LogP contribution in [0.25, 0.3) is 0 Å². The standard InChI is InChI=1S/3C4H11P.Pd/c3*1-4(2,3)5;/h3*5H2,1-3H3;. The van der Waals surface area contributed by atoms with E-state index >= 15 is 0 Å². The molecule has 0 saturated heterocycles. The molecule has 0 aromatic carbocycles. The zero-order chi connectivity index (χ0) is 13.5. The zero-order valence-electron chi connectivity index (χ0n) is 12.5. The van der Waals surface area contributed by atoms with Crippen molar-refractivity contribution in [2.45, 2.75) is 77.8 Å². The summed E-state index contributed by atoms with van der Waals surface area (Å²) in [4.78, 5) is 0. The van der Waals surface area contributed by atoms with Crippen molar-refractivity contribution in [3.05, 3.63) is 0 Å². The van der Waals surface area contributed by atoms with Gasteiger partial charge in [0.1, 0.15) is 0 Å². The van der Waals surface area contributed by atoms with Crippen LogP contribution in [0.5, 0.6) is 0 Å². The molecule has 0 rings (SSSR count). The molecule has 0 bridgehead atoms. The zero-order valence-corrected chi connectivity index (χ0v) is 17.6. The van der Waals surface area contributed by atoms with Gasteiger partial charge in [0.15, 0.2) is 0 Å². The molecule has 0 aliphatic rings. The first-order chi connectivity index (χ1) is 6.00. The minimum Gasteiger partial charge on any atom is -0.132 e. The summed E-state index contributed by atoms with van der Waals surface area (Å²) in [6.07, 6.45) is 0. The smallest absolute Gasteiger partial charge is 0 e. The fourth-order valence-electron chi connectivity index (χ4n) is 0. The summed E-state index contributed by atoms with van der Waals surface area (Å²) in [6, 6.07) is 0. The van der Waals surface area contributed by atoms with Crippen LogP contribution in [0.3, 0.4) is 0 Å². The molecule has 0 N–H and O–H groups in total. The van der Waals surface area contributed by atoms with E-state index in [1.165, 1.54) is 0 Å². The van der Waals surface area contributed by atoms with Crippen LogP contribution in [0.4, 0.5) is 0 Å². The van der Waals surface area contributed by atoms with Crippen LogP contribution in [0.2, 0.25) is 0 Å². The second kappa shape index (κ2) is 10.8. The van der Waals surface area contributed by atoms with Crippen molar-refractivity contribution in [1.82, 2.24) is 0 Å². The Bertz CT molecular complexity index is 91.3. The Balaban J connectivity index is -0.0000000655. The summed E-state index contributed by atoms with van der Waals surface area (Å²) in [7, 11) is 8.15. The van der Waals surface area contributed by atoms with Crippen LogP contribution in [-0.2, 0) is 20.4 Å². The van der Waals surface area contributed by atoms with E-state index in [0.717, 1.165) is 0 Å². The first-order valence-electron chi connectivity index (χ1n) is 5.37. The largest absolute Gasteiger partial charge is 0.132 e. The van der Waals surface area contributed by atoms with Gasteiger partial charge in [0, 0.05) is 20.4 Å². The van der Waals surface area contributed by atoms with Gasteiger partial charge < -0.3 is 0 Å². The second-order valence-electron chi connectivity index (χ2n) is 7.10. The maximum absolute atomic E-state index is 2.72. The summed E-state index contributed by atoms with van der Waals surface area (Å²) in [5.74, 6) is 0. The van der Waals surface area contributed by atoms with Gasteiger partial charge in [-0.15, -0.1) is 27.7 Å². The fourth-order valence-corrected chi connectivity index (χ4v) is 0. The molecule has 0 heterocycles. The first kappa shape index (κ1) is 26.5. The summed E-state index contributed by atoms with van der Waals surface area (Å²) in [6.45, 7) is 19.4. The van der Waals surface area contributed by atoms with Crippen molar-refractivity contribution in [3.8, 4) is 0 Å². The molecule has 0 radical (unpaired) electrons. The second-order valence-corrected chi connectivity index (χ2v) is 12.3. The van der Waals surface area contributed by atoms with Gasteiger partial charge in [0.25, 0.3) is 0 Å². The van der Waals surface area contributed by atoms with Gasteiger partial charge in [-0.05, 0) is 15.5 Å². The minimum absolute atomic E-state index is 0. The topological polar surface area (TPSA) is 0 Å². The van der Waals surface area contributed by atoms with Crippen molar-refractivity contribution >= 4 is 27.7 Å². The Morgan fingerprint density at radius 3 is 0.438 bits per heavy atom. The van der Waals surface area contributed by atoms with Crippen molar-refractivity contribution in [1.29, 1.82) is 0 Å². The van der Waals surface area contributed by atoms with Gasteiger partial charge in [-0.2, -0.15) is 0 Å². The van der Waals surface area contributed by atoms with Crippen molar-refractivity contribution in [2.24, 2.45) is 0 Å². The molecule has 0 aromatic rings. The molecular formula is C12H33P3Pd. The molecule has 0 nitrogen and oxygen atoms in total. The molecule has 0 aliphatic heterocycles. The van der Waals surface area contributed by atoms with E-state index in [9.17, 15) is 0 Å². The van der Waals surface area contributed by atoms with Gasteiger partial charge >= 0.3 is 0 Å². The van der Waals surface area contributed by atoms with Crippen LogP contribution < -0.4 is 0 Å². The predicted octanol–water partition coefficient (Wildman–Crippen LogP) is 4.98. The monoisotopic (exact) mass is 376 g/mol. The van der Waals surface area contributed by atoms with E-state index in [0.29, 0.717) is 15.5 Å². The molecule has 0 aliphatic carbocycles. The van der Waals surface area contributed by atoms with Gasteiger partial charge in [-0.1, -0.05) is 62.3 Å². The molecule has 0 fully saturated rings. The molecule has 4 heteroatoms. The first-order valence-corrected chi connectivity index (χ1v) is 7.10. The Hall–Kier alpha value is 1.95. The quantitative estimate of drug-likeness (QED) is 0.413. The maximum atomic E-state index is 2.72. The van der Waals surface area contributed by atoms with Gasteiger partial charge in [-0.3, -0.25) is 0 Å². The Kier molecular flexibility index (Phi) is 17.9. The predicted molar refractivity (Wildman–Crippen MR) is 88.4 cm³/mol. The van der Waals surface area contributed by atoms with E-state index in [1.807, 2.05) is 0 Å². The maximum Gasteiger partial charge on any atom is 0 e. The van der Waals surface area contributed by atoms with E-state index in [2.05, 4.69) is 90.0 Å². The molecule has 0 saturated carbocycles. The van der Waals surface area contributed by atoms with Crippen LogP contribution >= 0.6 is 27.7 Å². The summed E-state index contributed by atoms with van der Waals surface area (Å²) in [5, 5.41) is 1.25. The fraction of sp³-hybridized carbons (Fsp3) is 1.00. The third kappa shape index (κ3) is 936. The van der Waals surface area contributed by atoms with Gasteiger partial charge in [0.2, 0.25) is 0 Å². The van der Waals surface area contributed by atoms with Gasteiger partial charge in [0.05, 0.1) is 0 Å². The Labute approximate surface area is 126 Å². The average Bonchev–Trinajstić information content (AvgIpc) is 1.41. The normalized spacial score (nSPS) is 11.2. The summed E-state index contributed by atoms with van der Waals surface area (Å²) >= 11 is 0. The minimum atomic E-state index is 0. The van der Waals surface area contributed by atoms with Crippen LogP contribution in [0.15, 0.2) is 0 Å². The van der Waals surface area contributed by atoms with Crippen LogP contribution in [-0.4, -0.2) is 15.5 Å². The van der Waals surface area contributed by atoms with Crippen molar-refractivity contribution in [2.75, 3.05) is 0 Å². The third-order valence-corrected chi connectivity index (χ3v) is 0. The third-order valence-electron chi connectivity index (χ3n) is 0. The van der Waals surface area contributed by atoms with E-state index < -0.39 is 0 Å². The van der Waals surface area contributed by atoms with Crippen LogP contribution in [0.1, 0.15) is 62.3 Å². The van der Waals surface area contributed by atoms with E-state index in [4.69, 9.17) is 0 Å². The number of hydrogen-bond donors (Lipinski definition) is 0. The molecule has 106 valence electrons. The van der Waals surface area contributed by atoms with Crippen LogP contribution in [0, 0.1) is 0 Å². The molecular weight excluding hydrogens is 343 g/mol. The molecule has 0 amide bonds. The number of rotatable bonds is 0. The summed E-state index contributed by atoms with van der Waals surface area (Å²) < 4.78 is 0. The van der Waals surface area contributed by atoms with Crippen molar-refractivity contribution < 1.29 is 20.4 Å². The summed E-state index contributed by atoms with van der Waals surface area (Å²) in [5.41, 5.74) is 0. The van der Waals surface area contributed by atoms with Gasteiger partial charge in [-0.25, -0.2) is 0 Å². The van der Waals surface area contributed by atoms with E-state index in [-0.39, 0.29) is 20.4 Å². The average molecular weight is 377 g/mol. The molecule has 16 heavy (non-hydrogen) atoms. The van der Waals surface area contributed by atoms with E-state index in [1.54, 1.807) is 0 Å². The molecule has 0 aromatic heterocycles. The molecule has 3 atom stereocenters. The Morgan fingerprint density at radius 1 is 0.438 bits per heavy atom. The Morgan fingerprint density at radius 2 is 0.438 bits per heavy atom.